The molecule has 16 heavy (non-hydrogen) atoms. The minimum Gasteiger partial charge on any atom is -0.444 e. The lowest BCUT2D eigenvalue weighted by Crippen LogP contribution is -2.38. The Balaban J connectivity index is 2.36. The summed E-state index contributed by atoms with van der Waals surface area (Å²) >= 11 is 0. The third-order valence-electron chi connectivity index (χ3n) is 2.50. The van der Waals surface area contributed by atoms with Crippen molar-refractivity contribution in [1.29, 1.82) is 0 Å². The fourth-order valence-corrected chi connectivity index (χ4v) is 1.82. The number of ether oxygens (including phenoxy) is 2. The van der Waals surface area contributed by atoms with E-state index in [2.05, 4.69) is 5.32 Å². The lowest BCUT2D eigenvalue weighted by atomic mass is 10.2. The number of rotatable bonds is 2. The van der Waals surface area contributed by atoms with Gasteiger partial charge < -0.3 is 19.9 Å². The van der Waals surface area contributed by atoms with Crippen LogP contribution in [0.1, 0.15) is 33.6 Å². The van der Waals surface area contributed by atoms with Gasteiger partial charge in [0, 0.05) is 13.2 Å². The summed E-state index contributed by atoms with van der Waals surface area (Å²) in [5, 5.41) is 12.3. The average molecular weight is 231 g/mol. The summed E-state index contributed by atoms with van der Waals surface area (Å²) in [7, 11) is 1.56. The molecule has 1 aliphatic rings. The molecule has 5 nitrogen and oxygen atoms in total. The maximum Gasteiger partial charge on any atom is 0.407 e. The van der Waals surface area contributed by atoms with E-state index < -0.39 is 17.8 Å². The predicted octanol–water partition coefficient (Wildman–Crippen LogP) is 1.05. The zero-order valence-corrected chi connectivity index (χ0v) is 10.3. The maximum absolute atomic E-state index is 11.5. The zero-order valence-electron chi connectivity index (χ0n) is 10.3. The number of carbonyl (C=O) groups is 1. The van der Waals surface area contributed by atoms with Gasteiger partial charge in [-0.05, 0) is 33.6 Å². The molecule has 0 aromatic heterocycles. The smallest absolute Gasteiger partial charge is 0.407 e. The van der Waals surface area contributed by atoms with Crippen LogP contribution >= 0.6 is 0 Å². The van der Waals surface area contributed by atoms with Crippen LogP contribution in [0, 0.1) is 0 Å². The third kappa shape index (κ3) is 3.98. The Labute approximate surface area is 96.1 Å². The number of alkyl carbamates (subject to hydrolysis) is 1. The summed E-state index contributed by atoms with van der Waals surface area (Å²) < 4.78 is 10.2. The monoisotopic (exact) mass is 231 g/mol. The number of nitrogens with one attached hydrogen (secondary N) is 1. The summed E-state index contributed by atoms with van der Waals surface area (Å²) in [6, 6.07) is -0.0743. The molecule has 1 fully saturated rings. The highest BCUT2D eigenvalue weighted by Crippen LogP contribution is 2.22. The van der Waals surface area contributed by atoms with Gasteiger partial charge in [-0.15, -0.1) is 0 Å². The maximum atomic E-state index is 11.5. The summed E-state index contributed by atoms with van der Waals surface area (Å²) in [4.78, 5) is 11.5. The highest BCUT2D eigenvalue weighted by molar-refractivity contribution is 5.68. The Morgan fingerprint density at radius 1 is 1.38 bits per heavy atom. The molecule has 0 spiro atoms. The Kier molecular flexibility index (Phi) is 4.15. The number of hydrogen-bond acceptors (Lipinski definition) is 4. The lowest BCUT2D eigenvalue weighted by Gasteiger charge is -2.21. The van der Waals surface area contributed by atoms with Gasteiger partial charge in [0.25, 0.3) is 0 Å². The highest BCUT2D eigenvalue weighted by atomic mass is 16.6. The Morgan fingerprint density at radius 3 is 2.44 bits per heavy atom. The van der Waals surface area contributed by atoms with E-state index >= 15 is 0 Å². The number of amides is 1. The van der Waals surface area contributed by atoms with Crippen LogP contribution < -0.4 is 5.32 Å². The van der Waals surface area contributed by atoms with Gasteiger partial charge in [-0.2, -0.15) is 0 Å². The zero-order chi connectivity index (χ0) is 12.3. The second-order valence-electron chi connectivity index (χ2n) is 5.16. The summed E-state index contributed by atoms with van der Waals surface area (Å²) in [5.41, 5.74) is -0.498. The van der Waals surface area contributed by atoms with Crippen molar-refractivity contribution in [2.45, 2.75) is 57.5 Å². The van der Waals surface area contributed by atoms with Crippen LogP contribution in [0.25, 0.3) is 0 Å². The lowest BCUT2D eigenvalue weighted by molar-refractivity contribution is 0.00976. The predicted molar refractivity (Wildman–Crippen MR) is 59.2 cm³/mol. The van der Waals surface area contributed by atoms with Crippen LogP contribution in [0.15, 0.2) is 0 Å². The van der Waals surface area contributed by atoms with Gasteiger partial charge in [-0.1, -0.05) is 0 Å². The molecular formula is C11H21NO4. The van der Waals surface area contributed by atoms with Crippen molar-refractivity contribution in [2.75, 3.05) is 7.11 Å². The van der Waals surface area contributed by atoms with E-state index in [4.69, 9.17) is 9.47 Å². The number of hydrogen-bond donors (Lipinski definition) is 2. The molecule has 0 aliphatic heterocycles. The first-order valence-electron chi connectivity index (χ1n) is 5.52. The molecule has 1 rings (SSSR count). The third-order valence-corrected chi connectivity index (χ3v) is 2.50. The molecule has 5 heteroatoms. The second-order valence-corrected chi connectivity index (χ2v) is 5.16. The van der Waals surface area contributed by atoms with Crippen LogP contribution in [0.3, 0.4) is 0 Å². The molecule has 0 unspecified atom stereocenters. The van der Waals surface area contributed by atoms with E-state index in [1.54, 1.807) is 7.11 Å². The molecule has 1 amide bonds. The van der Waals surface area contributed by atoms with E-state index in [0.717, 1.165) is 0 Å². The van der Waals surface area contributed by atoms with Gasteiger partial charge in [0.05, 0.1) is 12.2 Å². The van der Waals surface area contributed by atoms with Crippen LogP contribution in [-0.2, 0) is 9.47 Å². The van der Waals surface area contributed by atoms with Crippen LogP contribution in [0.2, 0.25) is 0 Å². The number of aliphatic hydroxyl groups excluding tert-OH is 1. The van der Waals surface area contributed by atoms with Crippen molar-refractivity contribution in [3.8, 4) is 0 Å². The number of aliphatic hydroxyl groups is 1. The number of carbonyl (C=O) groups excluding carboxylic acids is 1. The van der Waals surface area contributed by atoms with E-state index in [0.29, 0.717) is 12.8 Å². The SMILES string of the molecule is CO[C@@H]1C[C@@H](NC(=O)OC(C)(C)C)C[C@@H]1O. The van der Waals surface area contributed by atoms with Crippen molar-refractivity contribution < 1.29 is 19.4 Å². The van der Waals surface area contributed by atoms with Crippen molar-refractivity contribution in [1.82, 2.24) is 5.32 Å². The normalized spacial score (nSPS) is 30.2. The van der Waals surface area contributed by atoms with Gasteiger partial charge in [-0.3, -0.25) is 0 Å². The first kappa shape index (κ1) is 13.3. The Morgan fingerprint density at radius 2 is 2.00 bits per heavy atom. The average Bonchev–Trinajstić information content (AvgIpc) is 2.42. The molecule has 0 radical (unpaired) electrons. The fourth-order valence-electron chi connectivity index (χ4n) is 1.82. The quantitative estimate of drug-likeness (QED) is 0.745. The minimum atomic E-state index is -0.509. The molecule has 0 saturated heterocycles. The molecule has 94 valence electrons. The molecule has 1 aliphatic carbocycles. The Bertz CT molecular complexity index is 249. The highest BCUT2D eigenvalue weighted by Gasteiger charge is 2.34. The van der Waals surface area contributed by atoms with Crippen molar-refractivity contribution in [2.24, 2.45) is 0 Å². The molecule has 0 aromatic carbocycles. The molecule has 3 atom stereocenters. The standard InChI is InChI=1S/C11H21NO4/c1-11(2,3)16-10(14)12-7-5-8(13)9(6-7)15-4/h7-9,13H,5-6H2,1-4H3,(H,12,14)/t7-,8-,9+/m0/s1. The van der Waals surface area contributed by atoms with Crippen molar-refractivity contribution in [3.05, 3.63) is 0 Å². The van der Waals surface area contributed by atoms with E-state index in [9.17, 15) is 9.90 Å². The van der Waals surface area contributed by atoms with E-state index in [-0.39, 0.29) is 12.1 Å². The number of methoxy groups -OCH3 is 1. The summed E-state index contributed by atoms with van der Waals surface area (Å²) in [6.45, 7) is 5.44. The molecule has 2 N–H and O–H groups in total. The second kappa shape index (κ2) is 5.01. The van der Waals surface area contributed by atoms with E-state index in [1.165, 1.54) is 0 Å². The Hall–Kier alpha value is -0.810. The fraction of sp³-hybridized carbons (Fsp3) is 0.909. The minimum absolute atomic E-state index is 0.0743. The summed E-state index contributed by atoms with van der Waals surface area (Å²) in [6.07, 6.45) is -0.0133. The van der Waals surface area contributed by atoms with Crippen LogP contribution in [-0.4, -0.2) is 42.2 Å². The van der Waals surface area contributed by atoms with Gasteiger partial charge in [0.2, 0.25) is 0 Å². The van der Waals surface area contributed by atoms with Crippen molar-refractivity contribution >= 4 is 6.09 Å². The van der Waals surface area contributed by atoms with Gasteiger partial charge >= 0.3 is 6.09 Å². The molecule has 0 bridgehead atoms. The summed E-state index contributed by atoms with van der Waals surface area (Å²) in [5.74, 6) is 0. The molecule has 0 aromatic rings. The molecule has 1 saturated carbocycles. The first-order valence-corrected chi connectivity index (χ1v) is 5.52. The largest absolute Gasteiger partial charge is 0.444 e. The first-order chi connectivity index (χ1) is 7.31. The van der Waals surface area contributed by atoms with Crippen LogP contribution in [0.4, 0.5) is 4.79 Å². The van der Waals surface area contributed by atoms with E-state index in [1.807, 2.05) is 20.8 Å². The molecule has 0 heterocycles. The van der Waals surface area contributed by atoms with Gasteiger partial charge in [0.15, 0.2) is 0 Å². The van der Waals surface area contributed by atoms with Crippen LogP contribution in [0.5, 0.6) is 0 Å². The molecular weight excluding hydrogens is 210 g/mol. The topological polar surface area (TPSA) is 67.8 Å². The van der Waals surface area contributed by atoms with Crippen molar-refractivity contribution in [3.63, 3.8) is 0 Å². The van der Waals surface area contributed by atoms with Gasteiger partial charge in [-0.25, -0.2) is 4.79 Å². The van der Waals surface area contributed by atoms with Gasteiger partial charge in [0.1, 0.15) is 5.60 Å².